The van der Waals surface area contributed by atoms with Crippen molar-refractivity contribution in [2.45, 2.75) is 25.7 Å². The first kappa shape index (κ1) is 21.2. The molecule has 1 aromatic carbocycles. The molecule has 3 heterocycles. The van der Waals surface area contributed by atoms with Gasteiger partial charge in [0.05, 0.1) is 4.90 Å². The zero-order valence-corrected chi connectivity index (χ0v) is 18.7. The first-order chi connectivity index (χ1) is 14.8. The van der Waals surface area contributed by atoms with E-state index in [1.54, 1.807) is 16.6 Å². The first-order valence-corrected chi connectivity index (χ1v) is 11.6. The van der Waals surface area contributed by atoms with Crippen molar-refractivity contribution in [2.75, 3.05) is 36.4 Å². The van der Waals surface area contributed by atoms with E-state index in [2.05, 4.69) is 25.2 Å². The molecule has 0 unspecified atom stereocenters. The third-order valence-electron chi connectivity index (χ3n) is 5.34. The Morgan fingerprint density at radius 1 is 0.839 bits per heavy atom. The van der Waals surface area contributed by atoms with Crippen LogP contribution in [0.1, 0.15) is 16.7 Å². The van der Waals surface area contributed by atoms with Crippen LogP contribution in [0.5, 0.6) is 0 Å². The fraction of sp³-hybridized carbons (Fsp3) is 0.318. The molecule has 0 radical (unpaired) electrons. The van der Waals surface area contributed by atoms with Gasteiger partial charge in [-0.05, 0) is 50.1 Å². The molecule has 1 aliphatic rings. The van der Waals surface area contributed by atoms with E-state index in [-0.39, 0.29) is 0 Å². The lowest BCUT2D eigenvalue weighted by molar-refractivity contribution is 0.383. The highest BCUT2D eigenvalue weighted by Gasteiger charge is 2.30. The second-order valence-electron chi connectivity index (χ2n) is 7.76. The largest absolute Gasteiger partial charge is 0.354 e. The predicted octanol–water partition coefficient (Wildman–Crippen LogP) is 3.05. The van der Waals surface area contributed by atoms with Crippen LogP contribution in [0.15, 0.2) is 53.8 Å². The van der Waals surface area contributed by atoms with E-state index in [1.165, 1.54) is 6.33 Å². The van der Waals surface area contributed by atoms with Crippen molar-refractivity contribution < 1.29 is 8.42 Å². The Morgan fingerprint density at radius 2 is 1.55 bits per heavy atom. The highest BCUT2D eigenvalue weighted by Crippen LogP contribution is 2.24. The number of piperazine rings is 1. The third-order valence-corrected chi connectivity index (χ3v) is 7.39. The van der Waals surface area contributed by atoms with Crippen LogP contribution in [0, 0.1) is 20.8 Å². The van der Waals surface area contributed by atoms with E-state index in [4.69, 9.17) is 0 Å². The summed E-state index contributed by atoms with van der Waals surface area (Å²) in [6.07, 6.45) is 3.25. The summed E-state index contributed by atoms with van der Waals surface area (Å²) in [5.74, 6) is 2.12. The zero-order valence-electron chi connectivity index (χ0n) is 17.9. The van der Waals surface area contributed by atoms with Gasteiger partial charge in [0.1, 0.15) is 23.8 Å². The Bertz CT molecular complexity index is 1190. The van der Waals surface area contributed by atoms with Crippen molar-refractivity contribution in [3.05, 3.63) is 65.6 Å². The maximum absolute atomic E-state index is 13.1. The van der Waals surface area contributed by atoms with Gasteiger partial charge in [-0.1, -0.05) is 17.7 Å². The Morgan fingerprint density at radius 3 is 2.26 bits per heavy atom. The lowest BCUT2D eigenvalue weighted by atomic mass is 10.2. The minimum atomic E-state index is -3.51. The molecule has 0 amide bonds. The fourth-order valence-corrected chi connectivity index (χ4v) is 5.34. The normalized spacial score (nSPS) is 15.1. The van der Waals surface area contributed by atoms with Gasteiger partial charge in [0.15, 0.2) is 0 Å². The highest BCUT2D eigenvalue weighted by atomic mass is 32.2. The van der Waals surface area contributed by atoms with Gasteiger partial charge >= 0.3 is 0 Å². The number of hydrogen-bond acceptors (Lipinski definition) is 7. The number of aromatic nitrogens is 3. The van der Waals surface area contributed by atoms with Crippen molar-refractivity contribution in [1.29, 1.82) is 0 Å². The molecule has 162 valence electrons. The molecule has 0 bridgehead atoms. The summed E-state index contributed by atoms with van der Waals surface area (Å²) in [6.45, 7) is 7.73. The maximum atomic E-state index is 13.1. The van der Waals surface area contributed by atoms with Gasteiger partial charge in [0.25, 0.3) is 0 Å². The SMILES string of the molecule is Cc1ccnc(Nc2cc(N3CCN(S(=O)(=O)c4ccc(C)cc4C)CC3)ncn2)c1. The van der Waals surface area contributed by atoms with Crippen LogP contribution >= 0.6 is 0 Å². The van der Waals surface area contributed by atoms with Crippen molar-refractivity contribution in [3.63, 3.8) is 0 Å². The Labute approximate surface area is 183 Å². The molecule has 0 saturated carbocycles. The molecule has 3 aromatic rings. The zero-order chi connectivity index (χ0) is 22.0. The monoisotopic (exact) mass is 438 g/mol. The van der Waals surface area contributed by atoms with Crippen LogP contribution in [0.2, 0.25) is 0 Å². The van der Waals surface area contributed by atoms with E-state index < -0.39 is 10.0 Å². The number of aryl methyl sites for hydroxylation is 3. The van der Waals surface area contributed by atoms with Gasteiger partial charge in [-0.2, -0.15) is 4.31 Å². The van der Waals surface area contributed by atoms with Crippen LogP contribution in [-0.2, 0) is 10.0 Å². The fourth-order valence-electron chi connectivity index (χ4n) is 3.71. The molecule has 0 atom stereocenters. The summed E-state index contributed by atoms with van der Waals surface area (Å²) in [6, 6.07) is 11.2. The number of benzene rings is 1. The van der Waals surface area contributed by atoms with Crippen LogP contribution < -0.4 is 10.2 Å². The van der Waals surface area contributed by atoms with Gasteiger partial charge < -0.3 is 10.2 Å². The third kappa shape index (κ3) is 4.67. The number of nitrogens with one attached hydrogen (secondary N) is 1. The average molecular weight is 439 g/mol. The summed E-state index contributed by atoms with van der Waals surface area (Å²) in [5.41, 5.74) is 2.93. The molecule has 9 heteroatoms. The Balaban J connectivity index is 1.45. The summed E-state index contributed by atoms with van der Waals surface area (Å²) >= 11 is 0. The van der Waals surface area contributed by atoms with E-state index in [0.717, 1.165) is 22.5 Å². The number of hydrogen-bond donors (Lipinski definition) is 1. The molecule has 1 N–H and O–H groups in total. The molecule has 0 spiro atoms. The molecular weight excluding hydrogens is 412 g/mol. The molecule has 1 aliphatic heterocycles. The Kier molecular flexibility index (Phi) is 5.88. The van der Waals surface area contributed by atoms with Crippen molar-refractivity contribution in [2.24, 2.45) is 0 Å². The molecule has 0 aliphatic carbocycles. The topological polar surface area (TPSA) is 91.3 Å². The first-order valence-electron chi connectivity index (χ1n) is 10.2. The number of anilines is 3. The summed E-state index contributed by atoms with van der Waals surface area (Å²) in [7, 11) is -3.51. The van der Waals surface area contributed by atoms with Gasteiger partial charge in [-0.25, -0.2) is 23.4 Å². The van der Waals surface area contributed by atoms with Gasteiger partial charge in [-0.3, -0.25) is 0 Å². The van der Waals surface area contributed by atoms with Gasteiger partial charge in [-0.15, -0.1) is 0 Å². The molecule has 8 nitrogen and oxygen atoms in total. The second kappa shape index (κ2) is 8.60. The molecule has 31 heavy (non-hydrogen) atoms. The van der Waals surface area contributed by atoms with Crippen LogP contribution in [0.3, 0.4) is 0 Å². The van der Waals surface area contributed by atoms with E-state index >= 15 is 0 Å². The van der Waals surface area contributed by atoms with Crippen LogP contribution in [0.25, 0.3) is 0 Å². The van der Waals surface area contributed by atoms with Crippen molar-refractivity contribution in [3.8, 4) is 0 Å². The number of pyridine rings is 1. The van der Waals surface area contributed by atoms with Crippen molar-refractivity contribution >= 4 is 27.5 Å². The average Bonchev–Trinajstić information content (AvgIpc) is 2.74. The lowest BCUT2D eigenvalue weighted by Gasteiger charge is -2.35. The summed E-state index contributed by atoms with van der Waals surface area (Å²) in [4.78, 5) is 15.4. The molecule has 1 fully saturated rings. The quantitative estimate of drug-likeness (QED) is 0.655. The predicted molar refractivity (Wildman–Crippen MR) is 121 cm³/mol. The smallest absolute Gasteiger partial charge is 0.243 e. The van der Waals surface area contributed by atoms with Gasteiger partial charge in [0.2, 0.25) is 10.0 Å². The van der Waals surface area contributed by atoms with Gasteiger partial charge in [0, 0.05) is 38.4 Å². The van der Waals surface area contributed by atoms with Crippen LogP contribution in [-0.4, -0.2) is 53.9 Å². The Hall–Kier alpha value is -3.04. The standard InChI is InChI=1S/C22H26N6O2S/c1-16-4-5-19(18(3)12-16)31(29,30)28-10-8-27(9-11-28)22-14-21(24-15-25-22)26-20-13-17(2)6-7-23-20/h4-7,12-15H,8-11H2,1-3H3,(H,23,24,25,26). The van der Waals surface area contributed by atoms with E-state index in [9.17, 15) is 8.42 Å². The minimum absolute atomic E-state index is 0.380. The maximum Gasteiger partial charge on any atom is 0.243 e. The molecular formula is C22H26N6O2S. The van der Waals surface area contributed by atoms with E-state index in [1.807, 2.05) is 51.1 Å². The highest BCUT2D eigenvalue weighted by molar-refractivity contribution is 7.89. The van der Waals surface area contributed by atoms with Crippen molar-refractivity contribution in [1.82, 2.24) is 19.3 Å². The van der Waals surface area contributed by atoms with Crippen LogP contribution in [0.4, 0.5) is 17.5 Å². The molecule has 2 aromatic heterocycles. The molecule has 1 saturated heterocycles. The summed E-state index contributed by atoms with van der Waals surface area (Å²) in [5, 5.41) is 3.19. The minimum Gasteiger partial charge on any atom is -0.354 e. The second-order valence-corrected chi connectivity index (χ2v) is 9.67. The lowest BCUT2D eigenvalue weighted by Crippen LogP contribution is -2.49. The number of rotatable bonds is 5. The molecule has 4 rings (SSSR count). The van der Waals surface area contributed by atoms with E-state index in [0.29, 0.717) is 42.7 Å². The number of nitrogens with zero attached hydrogens (tertiary/aromatic N) is 5. The number of sulfonamides is 1. The summed E-state index contributed by atoms with van der Waals surface area (Å²) < 4.78 is 27.8.